The van der Waals surface area contributed by atoms with Crippen LogP contribution >= 0.6 is 0 Å². The van der Waals surface area contributed by atoms with Gasteiger partial charge < -0.3 is 0 Å². The van der Waals surface area contributed by atoms with Gasteiger partial charge in [0.1, 0.15) is 6.33 Å². The lowest BCUT2D eigenvalue weighted by atomic mass is 10.2. The molecule has 42 heavy (non-hydrogen) atoms. The molecule has 8 rings (SSSR count). The average molecular weight is 560 g/mol. The number of rotatable bonds is 0. The summed E-state index contributed by atoms with van der Waals surface area (Å²) in [5.41, 5.74) is 10.5. The molecule has 4 aliphatic rings. The Morgan fingerprint density at radius 1 is 0.595 bits per heavy atom. The van der Waals surface area contributed by atoms with E-state index in [4.69, 9.17) is 0 Å². The summed E-state index contributed by atoms with van der Waals surface area (Å²) in [6.07, 6.45) is 21.1. The highest BCUT2D eigenvalue weighted by Gasteiger charge is 2.11. The highest BCUT2D eigenvalue weighted by Crippen LogP contribution is 2.23. The van der Waals surface area contributed by atoms with Gasteiger partial charge in [-0.25, -0.2) is 19.9 Å². The van der Waals surface area contributed by atoms with Crippen LogP contribution in [0.1, 0.15) is 75.3 Å². The zero-order chi connectivity index (χ0) is 30.2. The molecule has 4 aromatic heterocycles. The van der Waals surface area contributed by atoms with Crippen molar-refractivity contribution in [1.29, 1.82) is 0 Å². The molecule has 0 spiro atoms. The minimum atomic E-state index is 0.903. The van der Waals surface area contributed by atoms with E-state index in [2.05, 4.69) is 71.3 Å². The van der Waals surface area contributed by atoms with Crippen molar-refractivity contribution in [3.63, 3.8) is 0 Å². The summed E-state index contributed by atoms with van der Waals surface area (Å²) in [6.45, 7) is 12.1. The van der Waals surface area contributed by atoms with E-state index in [1.54, 1.807) is 12.5 Å². The Morgan fingerprint density at radius 3 is 1.90 bits per heavy atom. The fourth-order valence-electron chi connectivity index (χ4n) is 4.36. The summed E-state index contributed by atoms with van der Waals surface area (Å²) < 4.78 is 0. The molecule has 0 bridgehead atoms. The van der Waals surface area contributed by atoms with E-state index in [1.807, 2.05) is 84.4 Å². The summed E-state index contributed by atoms with van der Waals surface area (Å²) in [4.78, 5) is 29.1. The van der Waals surface area contributed by atoms with Crippen LogP contribution in [-0.4, -0.2) is 36.3 Å². The van der Waals surface area contributed by atoms with Gasteiger partial charge in [0.15, 0.2) is 5.82 Å². The van der Waals surface area contributed by atoms with Crippen LogP contribution in [0, 0.1) is 0 Å². The SMILES string of the molecule is C1=Cc2cccnc2C1.C1=Cc2cncnc2C1.CC.CC.CC1=Nc2cccnc2C1.CC1=Nc2ncccc2C1. The molecule has 0 saturated carbocycles. The second-order valence-corrected chi connectivity index (χ2v) is 9.18. The molecule has 0 radical (unpaired) electrons. The van der Waals surface area contributed by atoms with Gasteiger partial charge in [-0.3, -0.25) is 15.0 Å². The van der Waals surface area contributed by atoms with Crippen LogP contribution in [0.2, 0.25) is 0 Å². The molecule has 7 nitrogen and oxygen atoms in total. The van der Waals surface area contributed by atoms with Gasteiger partial charge in [0.25, 0.3) is 0 Å². The Kier molecular flexibility index (Phi) is 13.1. The van der Waals surface area contributed by atoms with Gasteiger partial charge in [-0.05, 0) is 43.7 Å². The molecule has 0 saturated heterocycles. The fraction of sp³-hybridized carbons (Fsp3) is 0.286. The molecule has 0 unspecified atom stereocenters. The Hall–Kier alpha value is -4.65. The van der Waals surface area contributed by atoms with E-state index >= 15 is 0 Å². The second-order valence-electron chi connectivity index (χ2n) is 9.18. The van der Waals surface area contributed by atoms with Gasteiger partial charge in [0, 0.05) is 73.0 Å². The highest BCUT2D eigenvalue weighted by atomic mass is 14.9. The Labute approximate surface area is 250 Å². The van der Waals surface area contributed by atoms with E-state index in [9.17, 15) is 0 Å². The predicted molar refractivity (Wildman–Crippen MR) is 176 cm³/mol. The maximum Gasteiger partial charge on any atom is 0.155 e. The predicted octanol–water partition coefficient (Wildman–Crippen LogP) is 8.21. The van der Waals surface area contributed by atoms with Crippen LogP contribution in [0.4, 0.5) is 11.5 Å². The van der Waals surface area contributed by atoms with Crippen LogP contribution in [0.3, 0.4) is 0 Å². The molecule has 0 N–H and O–H groups in total. The molecular weight excluding hydrogens is 518 g/mol. The largest absolute Gasteiger partial charge is 0.260 e. The van der Waals surface area contributed by atoms with Crippen molar-refractivity contribution in [2.75, 3.05) is 0 Å². The lowest BCUT2D eigenvalue weighted by molar-refractivity contribution is 1.06. The lowest BCUT2D eigenvalue weighted by Crippen LogP contribution is -1.90. The Balaban J connectivity index is 0.000000148. The van der Waals surface area contributed by atoms with Gasteiger partial charge in [0.2, 0.25) is 0 Å². The zero-order valence-electron chi connectivity index (χ0n) is 25.6. The number of hydrogen-bond acceptors (Lipinski definition) is 7. The van der Waals surface area contributed by atoms with Crippen molar-refractivity contribution < 1.29 is 0 Å². The second kappa shape index (κ2) is 17.2. The van der Waals surface area contributed by atoms with Crippen LogP contribution in [0.25, 0.3) is 12.2 Å². The molecule has 4 aromatic rings. The average Bonchev–Trinajstić information content (AvgIpc) is 3.85. The summed E-state index contributed by atoms with van der Waals surface area (Å²) in [5.74, 6) is 0.903. The summed E-state index contributed by atoms with van der Waals surface area (Å²) in [5, 5.41) is 0. The molecule has 7 heteroatoms. The number of aliphatic imine (C=N–C) groups is 2. The quantitative estimate of drug-likeness (QED) is 0.217. The number of aromatic nitrogens is 5. The molecule has 0 fully saturated rings. The first kappa shape index (κ1) is 31.9. The van der Waals surface area contributed by atoms with E-state index in [0.717, 1.165) is 65.6 Å². The maximum atomic E-state index is 4.31. The first-order chi connectivity index (χ1) is 20.7. The third-order valence-electron chi connectivity index (χ3n) is 6.18. The molecule has 2 aliphatic heterocycles. The van der Waals surface area contributed by atoms with Crippen molar-refractivity contribution in [1.82, 2.24) is 24.9 Å². The molecule has 6 heterocycles. The highest BCUT2D eigenvalue weighted by molar-refractivity contribution is 5.91. The number of allylic oxidation sites excluding steroid dienone is 2. The Morgan fingerprint density at radius 2 is 1.21 bits per heavy atom. The summed E-state index contributed by atoms with van der Waals surface area (Å²) >= 11 is 0. The lowest BCUT2D eigenvalue weighted by Gasteiger charge is -1.92. The van der Waals surface area contributed by atoms with Crippen molar-refractivity contribution in [3.8, 4) is 0 Å². The molecule has 216 valence electrons. The zero-order valence-corrected chi connectivity index (χ0v) is 25.6. The van der Waals surface area contributed by atoms with Crippen molar-refractivity contribution >= 4 is 35.1 Å². The van der Waals surface area contributed by atoms with Gasteiger partial charge in [0.05, 0.1) is 22.8 Å². The van der Waals surface area contributed by atoms with Gasteiger partial charge in [-0.1, -0.05) is 64.1 Å². The van der Waals surface area contributed by atoms with E-state index in [-0.39, 0.29) is 0 Å². The minimum absolute atomic E-state index is 0.903. The van der Waals surface area contributed by atoms with E-state index in [1.165, 1.54) is 16.8 Å². The Bertz CT molecular complexity index is 1430. The molecular formula is C35H41N7. The van der Waals surface area contributed by atoms with E-state index < -0.39 is 0 Å². The molecule has 0 aromatic carbocycles. The van der Waals surface area contributed by atoms with Crippen molar-refractivity contribution in [3.05, 3.63) is 113 Å². The maximum absolute atomic E-state index is 4.31. The fourth-order valence-corrected chi connectivity index (χ4v) is 4.36. The molecule has 0 amide bonds. The third-order valence-corrected chi connectivity index (χ3v) is 6.18. The number of hydrogen-bond donors (Lipinski definition) is 0. The smallest absolute Gasteiger partial charge is 0.155 e. The van der Waals surface area contributed by atoms with Crippen LogP contribution in [0.5, 0.6) is 0 Å². The number of nitrogens with zero attached hydrogens (tertiary/aromatic N) is 7. The van der Waals surface area contributed by atoms with E-state index in [0.29, 0.717) is 0 Å². The first-order valence-electron chi connectivity index (χ1n) is 14.7. The van der Waals surface area contributed by atoms with Crippen molar-refractivity contribution in [2.45, 2.75) is 67.2 Å². The van der Waals surface area contributed by atoms with Crippen LogP contribution in [-0.2, 0) is 25.7 Å². The summed E-state index contributed by atoms with van der Waals surface area (Å²) in [6, 6.07) is 12.0. The van der Waals surface area contributed by atoms with Crippen LogP contribution in [0.15, 0.2) is 89.6 Å². The minimum Gasteiger partial charge on any atom is -0.260 e. The van der Waals surface area contributed by atoms with Crippen LogP contribution < -0.4 is 0 Å². The van der Waals surface area contributed by atoms with Crippen molar-refractivity contribution in [2.24, 2.45) is 9.98 Å². The monoisotopic (exact) mass is 559 g/mol. The number of pyridine rings is 3. The van der Waals surface area contributed by atoms with Gasteiger partial charge >= 0.3 is 0 Å². The molecule has 2 aliphatic carbocycles. The standard InChI is InChI=1S/2C8H8N2.C8H7N.C7H6N2.2C2H6/c1-6-5-8-7(10-6)3-2-4-9-8;1-6-5-7-3-2-4-9-8(7)10-6;1-3-7-4-2-6-9-8(7)5-1;1-2-6-4-8-5-9-7(6)3-1;2*1-2/h2*2-4H,5H2,1H3;1-4,6H,5H2;1-2,4-5H,3H2;2*1-2H3. The number of fused-ring (bicyclic) bond motifs is 4. The summed E-state index contributed by atoms with van der Waals surface area (Å²) in [7, 11) is 0. The first-order valence-corrected chi connectivity index (χ1v) is 14.7. The normalized spacial score (nSPS) is 13.2. The molecule has 0 atom stereocenters. The van der Waals surface area contributed by atoms with Gasteiger partial charge in [-0.2, -0.15) is 0 Å². The third kappa shape index (κ3) is 9.20. The topological polar surface area (TPSA) is 89.2 Å². The van der Waals surface area contributed by atoms with Gasteiger partial charge in [-0.15, -0.1) is 0 Å².